The Morgan fingerprint density at radius 3 is 2.63 bits per heavy atom. The van der Waals surface area contributed by atoms with E-state index in [-0.39, 0.29) is 5.41 Å². The fourth-order valence-electron chi connectivity index (χ4n) is 1.92. The second-order valence-electron chi connectivity index (χ2n) is 6.25. The van der Waals surface area contributed by atoms with Crippen LogP contribution in [0.1, 0.15) is 27.7 Å². The molecule has 0 spiro atoms. The molecule has 0 radical (unpaired) electrons. The zero-order valence-corrected chi connectivity index (χ0v) is 12.2. The SMILES string of the molecule is CC(CNc1c(N)cnc2ccccc12)C(C)(C)C. The van der Waals surface area contributed by atoms with E-state index in [1.165, 1.54) is 0 Å². The Kier molecular flexibility index (Phi) is 3.65. The Labute approximate surface area is 115 Å². The third-order valence-corrected chi connectivity index (χ3v) is 3.87. The molecule has 19 heavy (non-hydrogen) atoms. The van der Waals surface area contributed by atoms with E-state index in [0.717, 1.165) is 23.1 Å². The van der Waals surface area contributed by atoms with Crippen molar-refractivity contribution < 1.29 is 0 Å². The number of nitrogens with zero attached hydrogens (tertiary/aromatic N) is 1. The van der Waals surface area contributed by atoms with E-state index in [2.05, 4.69) is 44.1 Å². The highest BCUT2D eigenvalue weighted by Gasteiger charge is 2.20. The minimum absolute atomic E-state index is 0.282. The summed E-state index contributed by atoms with van der Waals surface area (Å²) in [5, 5.41) is 4.58. The Balaban J connectivity index is 2.27. The average Bonchev–Trinajstić information content (AvgIpc) is 2.36. The number of hydrogen-bond donors (Lipinski definition) is 2. The predicted molar refractivity (Wildman–Crippen MR) is 83.3 cm³/mol. The summed E-state index contributed by atoms with van der Waals surface area (Å²) in [5.41, 5.74) is 9.02. The van der Waals surface area contributed by atoms with Gasteiger partial charge in [0.2, 0.25) is 0 Å². The normalized spacial score (nSPS) is 13.5. The van der Waals surface area contributed by atoms with E-state index in [9.17, 15) is 0 Å². The van der Waals surface area contributed by atoms with Gasteiger partial charge in [0.25, 0.3) is 0 Å². The van der Waals surface area contributed by atoms with E-state index in [1.54, 1.807) is 6.20 Å². The maximum atomic E-state index is 6.06. The first-order valence-electron chi connectivity index (χ1n) is 6.76. The molecule has 1 atom stereocenters. The van der Waals surface area contributed by atoms with E-state index >= 15 is 0 Å². The molecule has 0 saturated heterocycles. The number of nitrogen functional groups attached to an aromatic ring is 1. The number of anilines is 2. The highest BCUT2D eigenvalue weighted by molar-refractivity contribution is 5.96. The minimum atomic E-state index is 0.282. The van der Waals surface area contributed by atoms with Gasteiger partial charge in [0, 0.05) is 11.9 Å². The molecule has 0 bridgehead atoms. The van der Waals surface area contributed by atoms with E-state index in [1.807, 2.05) is 18.2 Å². The smallest absolute Gasteiger partial charge is 0.0743 e. The first-order chi connectivity index (χ1) is 8.89. The Morgan fingerprint density at radius 1 is 1.26 bits per heavy atom. The molecule has 102 valence electrons. The van der Waals surface area contributed by atoms with Crippen LogP contribution in [0.4, 0.5) is 11.4 Å². The summed E-state index contributed by atoms with van der Waals surface area (Å²) >= 11 is 0. The molecule has 0 saturated carbocycles. The summed E-state index contributed by atoms with van der Waals surface area (Å²) < 4.78 is 0. The van der Waals surface area contributed by atoms with Gasteiger partial charge in [-0.1, -0.05) is 45.9 Å². The zero-order valence-electron chi connectivity index (χ0n) is 12.2. The van der Waals surface area contributed by atoms with Crippen molar-refractivity contribution in [2.24, 2.45) is 11.3 Å². The van der Waals surface area contributed by atoms with Gasteiger partial charge in [-0.3, -0.25) is 4.98 Å². The third kappa shape index (κ3) is 2.98. The third-order valence-electron chi connectivity index (χ3n) is 3.87. The summed E-state index contributed by atoms with van der Waals surface area (Å²) in [6.07, 6.45) is 1.73. The molecule has 3 heteroatoms. The number of hydrogen-bond acceptors (Lipinski definition) is 3. The van der Waals surface area contributed by atoms with Crippen molar-refractivity contribution in [3.8, 4) is 0 Å². The summed E-state index contributed by atoms with van der Waals surface area (Å²) in [4.78, 5) is 4.35. The molecule has 1 aromatic carbocycles. The lowest BCUT2D eigenvalue weighted by Crippen LogP contribution is -2.25. The first-order valence-corrected chi connectivity index (χ1v) is 6.76. The number of pyridine rings is 1. The first kappa shape index (κ1) is 13.7. The Hall–Kier alpha value is -1.77. The molecular weight excluding hydrogens is 234 g/mol. The average molecular weight is 257 g/mol. The number of rotatable bonds is 3. The minimum Gasteiger partial charge on any atom is -0.396 e. The van der Waals surface area contributed by atoms with Crippen LogP contribution in [0.3, 0.4) is 0 Å². The monoisotopic (exact) mass is 257 g/mol. The summed E-state index contributed by atoms with van der Waals surface area (Å²) in [6, 6.07) is 8.07. The number of fused-ring (bicyclic) bond motifs is 1. The lowest BCUT2D eigenvalue weighted by molar-refractivity contribution is 0.275. The highest BCUT2D eigenvalue weighted by Crippen LogP contribution is 2.30. The van der Waals surface area contributed by atoms with Gasteiger partial charge in [-0.05, 0) is 17.4 Å². The van der Waals surface area contributed by atoms with Gasteiger partial charge in [-0.15, -0.1) is 0 Å². The molecule has 2 rings (SSSR count). The topological polar surface area (TPSA) is 50.9 Å². The molecule has 0 aliphatic heterocycles. The lowest BCUT2D eigenvalue weighted by Gasteiger charge is -2.28. The highest BCUT2D eigenvalue weighted by atomic mass is 14.9. The molecule has 1 unspecified atom stereocenters. The summed E-state index contributed by atoms with van der Waals surface area (Å²) in [7, 11) is 0. The van der Waals surface area contributed by atoms with Crippen LogP contribution < -0.4 is 11.1 Å². The van der Waals surface area contributed by atoms with E-state index in [0.29, 0.717) is 11.6 Å². The second kappa shape index (κ2) is 5.08. The summed E-state index contributed by atoms with van der Waals surface area (Å²) in [6.45, 7) is 9.93. The van der Waals surface area contributed by atoms with Crippen molar-refractivity contribution in [1.82, 2.24) is 4.98 Å². The van der Waals surface area contributed by atoms with E-state index in [4.69, 9.17) is 5.73 Å². The van der Waals surface area contributed by atoms with Gasteiger partial charge in [0.15, 0.2) is 0 Å². The molecule has 3 nitrogen and oxygen atoms in total. The number of para-hydroxylation sites is 1. The number of benzene rings is 1. The Bertz CT molecular complexity index is 570. The fraction of sp³-hybridized carbons (Fsp3) is 0.438. The van der Waals surface area contributed by atoms with Crippen molar-refractivity contribution in [3.05, 3.63) is 30.5 Å². The van der Waals surface area contributed by atoms with Crippen LogP contribution in [-0.2, 0) is 0 Å². The molecule has 0 aliphatic carbocycles. The number of nitrogens with two attached hydrogens (primary N) is 1. The second-order valence-corrected chi connectivity index (χ2v) is 6.25. The molecule has 3 N–H and O–H groups in total. The van der Waals surface area contributed by atoms with Crippen LogP contribution in [0, 0.1) is 11.3 Å². The van der Waals surface area contributed by atoms with Gasteiger partial charge < -0.3 is 11.1 Å². The van der Waals surface area contributed by atoms with Gasteiger partial charge in [0.1, 0.15) is 0 Å². The van der Waals surface area contributed by atoms with Gasteiger partial charge >= 0.3 is 0 Å². The maximum Gasteiger partial charge on any atom is 0.0743 e. The molecule has 2 aromatic rings. The lowest BCUT2D eigenvalue weighted by atomic mass is 9.82. The van der Waals surface area contributed by atoms with Crippen molar-refractivity contribution in [3.63, 3.8) is 0 Å². The molecular formula is C16H23N3. The van der Waals surface area contributed by atoms with Gasteiger partial charge in [-0.2, -0.15) is 0 Å². The quantitative estimate of drug-likeness (QED) is 0.876. The van der Waals surface area contributed by atoms with Crippen molar-refractivity contribution in [1.29, 1.82) is 0 Å². The Morgan fingerprint density at radius 2 is 1.95 bits per heavy atom. The van der Waals surface area contributed by atoms with Crippen molar-refractivity contribution in [2.45, 2.75) is 27.7 Å². The van der Waals surface area contributed by atoms with E-state index < -0.39 is 0 Å². The predicted octanol–water partition coefficient (Wildman–Crippen LogP) is 3.91. The molecule has 0 fully saturated rings. The number of nitrogens with one attached hydrogen (secondary N) is 1. The van der Waals surface area contributed by atoms with Crippen LogP contribution in [0.5, 0.6) is 0 Å². The number of aromatic nitrogens is 1. The van der Waals surface area contributed by atoms with Gasteiger partial charge in [0.05, 0.1) is 23.1 Å². The molecule has 0 aliphatic rings. The van der Waals surface area contributed by atoms with Crippen LogP contribution in [0.15, 0.2) is 30.5 Å². The molecule has 0 amide bonds. The standard InChI is InChI=1S/C16H23N3/c1-11(16(2,3)4)9-19-15-12-7-5-6-8-14(12)18-10-13(15)17/h5-8,10-11H,9,17H2,1-4H3,(H,18,19). The summed E-state index contributed by atoms with van der Waals surface area (Å²) in [5.74, 6) is 0.554. The molecule has 1 aromatic heterocycles. The maximum absolute atomic E-state index is 6.06. The van der Waals surface area contributed by atoms with Crippen LogP contribution in [-0.4, -0.2) is 11.5 Å². The van der Waals surface area contributed by atoms with Gasteiger partial charge in [-0.25, -0.2) is 0 Å². The van der Waals surface area contributed by atoms with Crippen molar-refractivity contribution >= 4 is 22.3 Å². The van der Waals surface area contributed by atoms with Crippen molar-refractivity contribution in [2.75, 3.05) is 17.6 Å². The van der Waals surface area contributed by atoms with Crippen LogP contribution in [0.2, 0.25) is 0 Å². The fourth-order valence-corrected chi connectivity index (χ4v) is 1.92. The van der Waals surface area contributed by atoms with Crippen LogP contribution in [0.25, 0.3) is 10.9 Å². The van der Waals surface area contributed by atoms with Crippen LogP contribution >= 0.6 is 0 Å². The largest absolute Gasteiger partial charge is 0.396 e. The molecule has 1 heterocycles. The zero-order chi connectivity index (χ0) is 14.0.